The average molecular weight is 1010 g/mol. The summed E-state index contributed by atoms with van der Waals surface area (Å²) in [6.45, 7) is 1.82. The summed E-state index contributed by atoms with van der Waals surface area (Å²) in [4.78, 5) is 0. The summed E-state index contributed by atoms with van der Waals surface area (Å²) in [6.07, 6.45) is -3.59. The van der Waals surface area contributed by atoms with Crippen LogP contribution in [0.15, 0.2) is 194 Å². The van der Waals surface area contributed by atoms with Gasteiger partial charge in [0.25, 0.3) is 0 Å². The smallest absolute Gasteiger partial charge is 0.186 e. The predicted octanol–water partition coefficient (Wildman–Crippen LogP) is 10.1. The van der Waals surface area contributed by atoms with E-state index in [2.05, 4.69) is 0 Å². The van der Waals surface area contributed by atoms with Crippen molar-refractivity contribution in [3.63, 3.8) is 0 Å². The van der Waals surface area contributed by atoms with Crippen LogP contribution >= 0.6 is 0 Å². The number of benzene rings is 6. The fraction of sp³-hybridized carbons (Fsp3) is 0.387. The van der Waals surface area contributed by atoms with Crippen LogP contribution in [0.25, 0.3) is 0 Å². The van der Waals surface area contributed by atoms with Crippen molar-refractivity contribution in [3.05, 3.63) is 228 Å². The summed E-state index contributed by atoms with van der Waals surface area (Å²) in [5.41, 5.74) is 5.97. The molecule has 0 spiro atoms. The van der Waals surface area contributed by atoms with Crippen molar-refractivity contribution < 1.29 is 57.6 Å². The summed E-state index contributed by atoms with van der Waals surface area (Å²) in [6, 6.07) is 59.7. The van der Waals surface area contributed by atoms with E-state index in [1.54, 1.807) is 14.2 Å². The van der Waals surface area contributed by atoms with Crippen molar-refractivity contribution in [1.29, 1.82) is 0 Å². The van der Waals surface area contributed by atoms with E-state index < -0.39 is 73.6 Å². The Kier molecular flexibility index (Phi) is 21.9. The normalized spacial score (nSPS) is 24.9. The van der Waals surface area contributed by atoms with E-state index in [9.17, 15) is 10.2 Å². The molecule has 12 heteroatoms. The zero-order valence-electron chi connectivity index (χ0n) is 42.5. The van der Waals surface area contributed by atoms with Gasteiger partial charge in [-0.25, -0.2) is 0 Å². The molecule has 0 unspecified atom stereocenters. The molecule has 0 aromatic heterocycles. The number of hydrogen-bond donors (Lipinski definition) is 2. The van der Waals surface area contributed by atoms with Gasteiger partial charge < -0.3 is 57.6 Å². The van der Waals surface area contributed by atoms with Gasteiger partial charge in [-0.05, 0) is 46.2 Å². The van der Waals surface area contributed by atoms with E-state index in [1.165, 1.54) is 0 Å². The van der Waals surface area contributed by atoms with Crippen LogP contribution in [0.5, 0.6) is 0 Å². The standard InChI is InChI=1S/C62H72O12/c1-65-61-59(71-43-49-31-17-7-18-32-49)57(69-41-47-27-13-5-14-28-47)55(67-39-45-23-9-3-10-24-45)53(73-61)37-51(63)35-21-22-36-52(64)38-54-56(68-40-46-25-11-4-12-26-46)58(70-42-48-29-15-6-16-30-48)60(62(66-2)74-54)72-44-50-33-19-8-20-34-50/h3-34,51-64H,35-44H2,1-2H3/b22-21+/t51-,52-,53-,54-,55-,56-,57+,58+,59-,60-,61+,62+/m1/s1. The lowest BCUT2D eigenvalue weighted by molar-refractivity contribution is -0.320. The second kappa shape index (κ2) is 29.6. The molecule has 2 saturated heterocycles. The molecule has 2 aliphatic heterocycles. The number of rotatable bonds is 28. The number of hydrogen-bond acceptors (Lipinski definition) is 12. The molecule has 2 fully saturated rings. The molecule has 12 nitrogen and oxygen atoms in total. The Bertz CT molecular complexity index is 2280. The first-order valence-corrected chi connectivity index (χ1v) is 25.7. The van der Waals surface area contributed by atoms with E-state index in [0.717, 1.165) is 33.4 Å². The molecule has 0 saturated carbocycles. The summed E-state index contributed by atoms with van der Waals surface area (Å²) in [5.74, 6) is 0. The lowest BCUT2D eigenvalue weighted by atomic mass is 9.92. The molecular weight excluding hydrogens is 937 g/mol. The van der Waals surface area contributed by atoms with Crippen molar-refractivity contribution in [1.82, 2.24) is 0 Å². The Labute approximate surface area is 436 Å². The third kappa shape index (κ3) is 16.5. The third-order valence-corrected chi connectivity index (χ3v) is 13.4. The largest absolute Gasteiger partial charge is 0.393 e. The Balaban J connectivity index is 0.952. The molecule has 12 atom stereocenters. The van der Waals surface area contributed by atoms with E-state index >= 15 is 0 Å². The number of methoxy groups -OCH3 is 2. The fourth-order valence-corrected chi connectivity index (χ4v) is 9.49. The Morgan fingerprint density at radius 1 is 0.351 bits per heavy atom. The fourth-order valence-electron chi connectivity index (χ4n) is 9.49. The van der Waals surface area contributed by atoms with E-state index in [0.29, 0.717) is 52.5 Å². The summed E-state index contributed by atoms with van der Waals surface area (Å²) >= 11 is 0. The van der Waals surface area contributed by atoms with E-state index in [1.807, 2.05) is 194 Å². The van der Waals surface area contributed by atoms with Gasteiger partial charge in [0.1, 0.15) is 36.6 Å². The van der Waals surface area contributed by atoms with Gasteiger partial charge in [-0.2, -0.15) is 0 Å². The maximum Gasteiger partial charge on any atom is 0.186 e. The van der Waals surface area contributed by atoms with Crippen molar-refractivity contribution >= 4 is 0 Å². The summed E-state index contributed by atoms with van der Waals surface area (Å²) in [5, 5.41) is 23.4. The molecule has 392 valence electrons. The van der Waals surface area contributed by atoms with Crippen LogP contribution in [0.1, 0.15) is 59.1 Å². The number of aliphatic hydroxyl groups is 2. The molecular formula is C62H72O12. The van der Waals surface area contributed by atoms with Crippen molar-refractivity contribution in [2.75, 3.05) is 14.2 Å². The highest BCUT2D eigenvalue weighted by Gasteiger charge is 2.50. The predicted molar refractivity (Wildman–Crippen MR) is 281 cm³/mol. The highest BCUT2D eigenvalue weighted by molar-refractivity contribution is 5.18. The highest BCUT2D eigenvalue weighted by atomic mass is 16.7. The van der Waals surface area contributed by atoms with E-state index in [-0.39, 0.29) is 12.8 Å². The first-order valence-electron chi connectivity index (χ1n) is 25.7. The maximum atomic E-state index is 11.7. The van der Waals surface area contributed by atoms with Crippen molar-refractivity contribution in [2.24, 2.45) is 0 Å². The Hall–Kier alpha value is -5.42. The molecule has 6 aromatic rings. The molecule has 0 radical (unpaired) electrons. The summed E-state index contributed by atoms with van der Waals surface area (Å²) in [7, 11) is 3.18. The SMILES string of the molecule is CO[C@H]1O[C@H](C[C@H](O)C/C=C/C[C@@H](O)C[C@H]2O[C@H](OC)[C@H](OCc3ccccc3)[C@@H](OCc3ccccc3)[C@@H]2OCc2ccccc2)[C@@H](OCc2ccccc2)[C@H](OCc2ccccc2)[C@H]1OCc1ccccc1. The minimum Gasteiger partial charge on any atom is -0.393 e. The van der Waals surface area contributed by atoms with Crippen molar-refractivity contribution in [3.8, 4) is 0 Å². The summed E-state index contributed by atoms with van der Waals surface area (Å²) < 4.78 is 65.5. The third-order valence-electron chi connectivity index (χ3n) is 13.4. The second-order valence-electron chi connectivity index (χ2n) is 18.8. The Morgan fingerprint density at radius 2 is 0.581 bits per heavy atom. The van der Waals surface area contributed by atoms with Gasteiger partial charge in [0.05, 0.1) is 64.1 Å². The van der Waals surface area contributed by atoms with Crippen LogP contribution in [0, 0.1) is 0 Å². The van der Waals surface area contributed by atoms with Gasteiger partial charge in [0.15, 0.2) is 12.6 Å². The molecule has 2 aliphatic rings. The van der Waals surface area contributed by atoms with Gasteiger partial charge in [-0.15, -0.1) is 0 Å². The Morgan fingerprint density at radius 3 is 0.824 bits per heavy atom. The quantitative estimate of drug-likeness (QED) is 0.0454. The van der Waals surface area contributed by atoms with E-state index in [4.69, 9.17) is 47.4 Å². The first-order chi connectivity index (χ1) is 36.4. The molecule has 0 amide bonds. The lowest BCUT2D eigenvalue weighted by Crippen LogP contribution is -2.61. The van der Waals surface area contributed by atoms with Gasteiger partial charge in [0, 0.05) is 27.1 Å². The van der Waals surface area contributed by atoms with Crippen LogP contribution in [0.4, 0.5) is 0 Å². The molecule has 8 rings (SSSR count). The molecule has 2 N–H and O–H groups in total. The maximum absolute atomic E-state index is 11.7. The van der Waals surface area contributed by atoms with Crippen LogP contribution in [0.2, 0.25) is 0 Å². The van der Waals surface area contributed by atoms with Crippen LogP contribution in [0.3, 0.4) is 0 Å². The highest BCUT2D eigenvalue weighted by Crippen LogP contribution is 2.35. The van der Waals surface area contributed by atoms with Crippen molar-refractivity contribution in [2.45, 2.75) is 139 Å². The lowest BCUT2D eigenvalue weighted by Gasteiger charge is -2.46. The molecule has 0 bridgehead atoms. The van der Waals surface area contributed by atoms with Crippen LogP contribution in [-0.4, -0.2) is 98.1 Å². The first kappa shape index (κ1) is 54.8. The van der Waals surface area contributed by atoms with Gasteiger partial charge in [-0.3, -0.25) is 0 Å². The minimum absolute atomic E-state index is 0.218. The second-order valence-corrected chi connectivity index (χ2v) is 18.8. The number of ether oxygens (including phenoxy) is 10. The van der Waals surface area contributed by atoms with Gasteiger partial charge in [0.2, 0.25) is 0 Å². The molecule has 2 heterocycles. The zero-order chi connectivity index (χ0) is 51.2. The zero-order valence-corrected chi connectivity index (χ0v) is 42.5. The van der Waals surface area contributed by atoms with Crippen LogP contribution in [-0.2, 0) is 87.0 Å². The average Bonchev–Trinajstić information content (AvgIpc) is 3.45. The minimum atomic E-state index is -0.833. The van der Waals surface area contributed by atoms with Gasteiger partial charge >= 0.3 is 0 Å². The molecule has 74 heavy (non-hydrogen) atoms. The molecule has 0 aliphatic carbocycles. The van der Waals surface area contributed by atoms with Crippen LogP contribution < -0.4 is 0 Å². The monoisotopic (exact) mass is 1010 g/mol. The topological polar surface area (TPSA) is 133 Å². The molecule has 6 aromatic carbocycles. The number of aliphatic hydroxyl groups excluding tert-OH is 2. The van der Waals surface area contributed by atoms with Gasteiger partial charge in [-0.1, -0.05) is 194 Å².